The van der Waals surface area contributed by atoms with Gasteiger partial charge in [-0.3, -0.25) is 14.9 Å². The molecule has 2 saturated heterocycles. The first-order valence-electron chi connectivity index (χ1n) is 13.3. The van der Waals surface area contributed by atoms with Gasteiger partial charge in [0.2, 0.25) is 0 Å². The molecule has 0 radical (unpaired) electrons. The maximum absolute atomic E-state index is 13.2. The molecule has 2 atom stereocenters. The van der Waals surface area contributed by atoms with Crippen LogP contribution >= 0.6 is 0 Å². The number of Topliss-reactive ketones (excluding diaryl/α,β-unsaturated/α-hetero) is 1. The van der Waals surface area contributed by atoms with Crippen molar-refractivity contribution in [1.29, 1.82) is 0 Å². The van der Waals surface area contributed by atoms with Crippen molar-refractivity contribution in [3.63, 3.8) is 0 Å². The molecule has 2 aromatic heterocycles. The van der Waals surface area contributed by atoms with E-state index in [-0.39, 0.29) is 53.9 Å². The van der Waals surface area contributed by atoms with Crippen molar-refractivity contribution >= 4 is 16.7 Å². The van der Waals surface area contributed by atoms with E-state index in [1.807, 2.05) is 18.3 Å². The van der Waals surface area contributed by atoms with Crippen molar-refractivity contribution in [1.82, 2.24) is 25.1 Å². The molecule has 0 spiro atoms. The molecule has 0 aliphatic carbocycles. The molecule has 8 nitrogen and oxygen atoms in total. The van der Waals surface area contributed by atoms with Gasteiger partial charge < -0.3 is 24.8 Å². The Bertz CT molecular complexity index is 1660. The second-order valence-corrected chi connectivity index (χ2v) is 9.92. The quantitative estimate of drug-likeness (QED) is 0.158. The second-order valence-electron chi connectivity index (χ2n) is 9.92. The molecule has 2 aliphatic rings. The van der Waals surface area contributed by atoms with Crippen LogP contribution in [0.25, 0.3) is 10.9 Å². The van der Waals surface area contributed by atoms with Gasteiger partial charge in [-0.25, -0.2) is 8.78 Å². The molecule has 0 bridgehead atoms. The van der Waals surface area contributed by atoms with E-state index in [9.17, 15) is 18.4 Å². The predicted octanol–water partition coefficient (Wildman–Crippen LogP) is 2.98. The Kier molecular flexibility index (Phi) is 11.0. The first kappa shape index (κ1) is 31.6. The molecule has 4 heterocycles. The van der Waals surface area contributed by atoms with Gasteiger partial charge in [0.05, 0.1) is 17.1 Å². The summed E-state index contributed by atoms with van der Waals surface area (Å²) in [5.41, 5.74) is 1.38. The van der Waals surface area contributed by atoms with Gasteiger partial charge in [-0.15, -0.1) is 30.0 Å². The maximum atomic E-state index is 13.2. The molecule has 0 saturated carbocycles. The number of nitrogens with zero attached hydrogens (tertiary/aromatic N) is 3. The summed E-state index contributed by atoms with van der Waals surface area (Å²) >= 11 is 0. The van der Waals surface area contributed by atoms with E-state index in [2.05, 4.69) is 61.5 Å². The summed E-state index contributed by atoms with van der Waals surface area (Å²) in [6.45, 7) is 5.21. The Morgan fingerprint density at radius 1 is 1.12 bits per heavy atom. The number of nitrogens with one attached hydrogen (secondary N) is 3. The minimum atomic E-state index is -0.578. The number of carbonyl (C=O) groups is 1. The van der Waals surface area contributed by atoms with Crippen LogP contribution in [0.1, 0.15) is 22.0 Å². The Morgan fingerprint density at radius 2 is 1.93 bits per heavy atom. The van der Waals surface area contributed by atoms with Crippen LogP contribution in [0.15, 0.2) is 83.0 Å². The standard InChI is InChI=1S/C18H11F2N2O2.C13H19N4.U/c19-10-3-1-2-9(6-10)15-16(22-15)18(24)13-8-21-14-7-11(20)4-5-12(14)17(13)23;1-16-9-11-17(12-10-16)8-4-7-15-13-5-2-3-6-14-13;/h1-2,4-8,15-16,22H,(H,21,23);3-6,8H,7,9-12H2,1H3,(H,14,15);/q2*-1;+2/b;8-4+;. The number of aromatic nitrogens is 2. The number of likely N-dealkylation sites (N-methyl/N-ethyl adjacent to an activating group) is 1. The third-order valence-corrected chi connectivity index (χ3v) is 6.98. The van der Waals surface area contributed by atoms with Crippen molar-refractivity contribution in [3.8, 4) is 0 Å². The molecule has 214 valence electrons. The van der Waals surface area contributed by atoms with Crippen LogP contribution < -0.4 is 16.2 Å². The number of hydrogen-bond acceptors (Lipinski definition) is 6. The number of pyridine rings is 2. The largest absolute Gasteiger partial charge is 2.00 e. The predicted molar refractivity (Wildman–Crippen MR) is 152 cm³/mol. The molecule has 6 rings (SSSR count). The van der Waals surface area contributed by atoms with Crippen molar-refractivity contribution in [2.24, 2.45) is 4.99 Å². The number of halogens is 2. The van der Waals surface area contributed by atoms with E-state index >= 15 is 0 Å². The summed E-state index contributed by atoms with van der Waals surface area (Å²) in [5.74, 6) is -1.34. The smallest absolute Gasteiger partial charge is 0.452 e. The third-order valence-electron chi connectivity index (χ3n) is 6.98. The molecule has 11 heteroatoms. The molecule has 2 fully saturated rings. The first-order chi connectivity index (χ1) is 19.9. The van der Waals surface area contributed by atoms with E-state index < -0.39 is 23.1 Å². The number of rotatable bonds is 6. The van der Waals surface area contributed by atoms with Crippen LogP contribution in [-0.4, -0.2) is 71.4 Å². The molecular formula is C31H30F2N6O2U. The van der Waals surface area contributed by atoms with Crippen molar-refractivity contribution < 1.29 is 44.7 Å². The third kappa shape index (κ3) is 8.14. The summed E-state index contributed by atoms with van der Waals surface area (Å²) in [4.78, 5) is 39.9. The van der Waals surface area contributed by atoms with Gasteiger partial charge in [0.25, 0.3) is 0 Å². The number of aromatic amines is 2. The van der Waals surface area contributed by atoms with E-state index in [1.54, 1.807) is 6.07 Å². The molecule has 2 aromatic carbocycles. The van der Waals surface area contributed by atoms with Gasteiger partial charge in [-0.1, -0.05) is 0 Å². The number of hydrogen-bond donors (Lipinski definition) is 3. The molecule has 2 unspecified atom stereocenters. The normalized spacial score (nSPS) is 18.8. The zero-order valence-corrected chi connectivity index (χ0v) is 27.2. The van der Waals surface area contributed by atoms with Gasteiger partial charge in [-0.05, 0) is 37.5 Å². The number of fused-ring (bicyclic) bond motifs is 1. The van der Waals surface area contributed by atoms with Gasteiger partial charge in [0, 0.05) is 61.7 Å². The summed E-state index contributed by atoms with van der Waals surface area (Å²) in [5, 5.41) is 3.20. The maximum Gasteiger partial charge on any atom is 2.00 e. The fraction of sp³-hybridized carbons (Fsp3) is 0.258. The number of ketones is 1. The molecule has 3 N–H and O–H groups in total. The Morgan fingerprint density at radius 3 is 2.67 bits per heavy atom. The molecule has 2 aliphatic heterocycles. The molecular weight excluding hydrogens is 764 g/mol. The number of H-pyrrole nitrogens is 2. The summed E-state index contributed by atoms with van der Waals surface area (Å²) in [7, 11) is 2.16. The van der Waals surface area contributed by atoms with Crippen LogP contribution in [0.4, 0.5) is 8.78 Å². The van der Waals surface area contributed by atoms with Crippen LogP contribution in [0, 0.1) is 54.9 Å². The minimum absolute atomic E-state index is 0. The zero-order chi connectivity index (χ0) is 28.8. The summed E-state index contributed by atoms with van der Waals surface area (Å²) in [6, 6.07) is 16.3. The summed E-state index contributed by atoms with van der Waals surface area (Å²) in [6.07, 6.45) is 7.39. The van der Waals surface area contributed by atoms with Gasteiger partial charge in [-0.2, -0.15) is 24.3 Å². The molecule has 42 heavy (non-hydrogen) atoms. The zero-order valence-electron chi connectivity index (χ0n) is 23.0. The van der Waals surface area contributed by atoms with Crippen LogP contribution in [0.3, 0.4) is 0 Å². The van der Waals surface area contributed by atoms with E-state index in [4.69, 9.17) is 0 Å². The fourth-order valence-corrected chi connectivity index (χ4v) is 4.60. The van der Waals surface area contributed by atoms with Gasteiger partial charge in [0.1, 0.15) is 5.82 Å². The monoisotopic (exact) mass is 794 g/mol. The van der Waals surface area contributed by atoms with E-state index in [0.29, 0.717) is 17.6 Å². The van der Waals surface area contributed by atoms with Gasteiger partial charge >= 0.3 is 31.1 Å². The van der Waals surface area contributed by atoms with E-state index in [1.165, 1.54) is 36.5 Å². The first-order valence-corrected chi connectivity index (χ1v) is 13.3. The number of benzene rings is 2. The van der Waals surface area contributed by atoms with Crippen LogP contribution in [-0.2, 0) is 0 Å². The topological polar surface area (TPSA) is 106 Å². The minimum Gasteiger partial charge on any atom is -0.452 e. The Hall–Kier alpha value is -3.36. The molecule has 0 amide bonds. The molecule has 4 aromatic rings. The van der Waals surface area contributed by atoms with Gasteiger partial charge in [0.15, 0.2) is 11.2 Å². The average Bonchev–Trinajstić information content (AvgIpc) is 3.78. The SMILES string of the molecule is CN1CCN(/C=C/CN=c2c[c-]cc[nH]2)CC1.O=C(c1c[nH]c2cc(F)ccc2c1=O)C1NC1c1cc[c-]c(F)c1.[U+2]. The fourth-order valence-electron chi connectivity index (χ4n) is 4.60. The Balaban J connectivity index is 0.000000200. The number of carbonyl (C=O) groups excluding carboxylic acids is 1. The second kappa shape index (κ2) is 14.7. The van der Waals surface area contributed by atoms with Crippen molar-refractivity contribution in [2.45, 2.75) is 12.1 Å². The van der Waals surface area contributed by atoms with Crippen LogP contribution in [0.5, 0.6) is 0 Å². The van der Waals surface area contributed by atoms with Crippen molar-refractivity contribution in [3.05, 3.63) is 124 Å². The Labute approximate surface area is 265 Å². The number of piperazine rings is 1. The average molecular weight is 795 g/mol. The van der Waals surface area contributed by atoms with Crippen molar-refractivity contribution in [2.75, 3.05) is 39.8 Å². The van der Waals surface area contributed by atoms with Crippen LogP contribution in [0.2, 0.25) is 0 Å². The summed E-state index contributed by atoms with van der Waals surface area (Å²) < 4.78 is 26.4. The van der Waals surface area contributed by atoms with E-state index in [0.717, 1.165) is 31.7 Å².